The molecule has 0 aliphatic rings. The van der Waals surface area contributed by atoms with Gasteiger partial charge in [-0.2, -0.15) is 0 Å². The van der Waals surface area contributed by atoms with Crippen molar-refractivity contribution in [3.8, 4) is 0 Å². The highest BCUT2D eigenvalue weighted by Crippen LogP contribution is 2.22. The minimum absolute atomic E-state index is 0.00780. The number of rotatable bonds is 5. The van der Waals surface area contributed by atoms with Crippen molar-refractivity contribution in [2.24, 2.45) is 5.41 Å². The number of hydrogen-bond acceptors (Lipinski definition) is 1. The zero-order valence-electron chi connectivity index (χ0n) is 11.0. The average molecular weight is 230 g/mol. The first kappa shape index (κ1) is 13.7. The van der Waals surface area contributed by atoms with Gasteiger partial charge >= 0.3 is 0 Å². The lowest BCUT2D eigenvalue weighted by molar-refractivity contribution is 0.109. The quantitative estimate of drug-likeness (QED) is 0.675. The van der Waals surface area contributed by atoms with Crippen LogP contribution in [0.1, 0.15) is 32.4 Å². The Bertz CT molecular complexity index is 357. The molecule has 1 heteroatoms. The molecule has 0 fully saturated rings. The molecule has 1 rings (SSSR count). The van der Waals surface area contributed by atoms with E-state index in [1.807, 2.05) is 18.2 Å². The van der Waals surface area contributed by atoms with Crippen LogP contribution in [0.3, 0.4) is 0 Å². The van der Waals surface area contributed by atoms with Crippen molar-refractivity contribution in [3.63, 3.8) is 0 Å². The Morgan fingerprint density at radius 1 is 1.24 bits per heavy atom. The van der Waals surface area contributed by atoms with Gasteiger partial charge in [0, 0.05) is 0 Å². The van der Waals surface area contributed by atoms with Crippen LogP contribution in [0.15, 0.2) is 55.1 Å². The Morgan fingerprint density at radius 3 is 2.41 bits per heavy atom. The predicted octanol–water partition coefficient (Wildman–Crippen LogP) is 4.53. The third kappa shape index (κ3) is 5.50. The van der Waals surface area contributed by atoms with Crippen LogP contribution < -0.4 is 0 Å². The summed E-state index contributed by atoms with van der Waals surface area (Å²) < 4.78 is 5.77. The summed E-state index contributed by atoms with van der Waals surface area (Å²) in [4.78, 5) is 0. The largest absolute Gasteiger partial charge is 0.365 e. The van der Waals surface area contributed by atoms with Crippen LogP contribution in [0.2, 0.25) is 0 Å². The summed E-state index contributed by atoms with van der Waals surface area (Å²) >= 11 is 0. The molecule has 0 aliphatic carbocycles. The van der Waals surface area contributed by atoms with Crippen LogP contribution in [0.5, 0.6) is 0 Å². The normalized spacial score (nSPS) is 13.8. The van der Waals surface area contributed by atoms with Gasteiger partial charge in [0.25, 0.3) is 0 Å². The SMILES string of the molecule is C=CCO[C@@H](/C=C/C(C)(C)C)c1ccccc1. The summed E-state index contributed by atoms with van der Waals surface area (Å²) in [7, 11) is 0. The molecule has 0 saturated heterocycles. The minimum Gasteiger partial charge on any atom is -0.365 e. The molecule has 0 aliphatic heterocycles. The van der Waals surface area contributed by atoms with Crippen molar-refractivity contribution in [3.05, 3.63) is 60.7 Å². The van der Waals surface area contributed by atoms with Gasteiger partial charge in [0.15, 0.2) is 0 Å². The van der Waals surface area contributed by atoms with Crippen molar-refractivity contribution < 1.29 is 4.74 Å². The maximum Gasteiger partial charge on any atom is 0.101 e. The second kappa shape index (κ2) is 6.41. The molecular weight excluding hydrogens is 208 g/mol. The van der Waals surface area contributed by atoms with Gasteiger partial charge in [-0.3, -0.25) is 0 Å². The molecule has 17 heavy (non-hydrogen) atoms. The summed E-state index contributed by atoms with van der Waals surface area (Å²) in [6.07, 6.45) is 6.10. The highest BCUT2D eigenvalue weighted by atomic mass is 16.5. The number of ether oxygens (including phenoxy) is 1. The molecule has 0 aromatic heterocycles. The van der Waals surface area contributed by atoms with Gasteiger partial charge in [0.1, 0.15) is 6.10 Å². The van der Waals surface area contributed by atoms with Gasteiger partial charge in [-0.1, -0.05) is 69.3 Å². The molecule has 0 spiro atoms. The zero-order chi connectivity index (χ0) is 12.7. The summed E-state index contributed by atoms with van der Waals surface area (Å²) in [5.41, 5.74) is 1.35. The van der Waals surface area contributed by atoms with Crippen molar-refractivity contribution >= 4 is 0 Å². The Balaban J connectivity index is 2.81. The van der Waals surface area contributed by atoms with E-state index in [-0.39, 0.29) is 11.5 Å². The van der Waals surface area contributed by atoms with Crippen LogP contribution in [-0.4, -0.2) is 6.61 Å². The molecular formula is C16H22O. The third-order valence-electron chi connectivity index (χ3n) is 2.29. The van der Waals surface area contributed by atoms with E-state index in [4.69, 9.17) is 4.74 Å². The van der Waals surface area contributed by atoms with Gasteiger partial charge in [-0.05, 0) is 11.0 Å². The molecule has 1 aromatic carbocycles. The zero-order valence-corrected chi connectivity index (χ0v) is 11.0. The van der Waals surface area contributed by atoms with E-state index in [9.17, 15) is 0 Å². The lowest BCUT2D eigenvalue weighted by Gasteiger charge is -2.17. The summed E-state index contributed by atoms with van der Waals surface area (Å²) in [6, 6.07) is 10.2. The second-order valence-electron chi connectivity index (χ2n) is 5.18. The molecule has 0 saturated carbocycles. The highest BCUT2D eigenvalue weighted by molar-refractivity contribution is 5.22. The number of hydrogen-bond donors (Lipinski definition) is 0. The van der Waals surface area contributed by atoms with Gasteiger partial charge in [-0.25, -0.2) is 0 Å². The van der Waals surface area contributed by atoms with Crippen LogP contribution in [-0.2, 0) is 4.74 Å². The maximum atomic E-state index is 5.77. The molecule has 1 atom stereocenters. The number of benzene rings is 1. The van der Waals surface area contributed by atoms with Gasteiger partial charge in [0.2, 0.25) is 0 Å². The minimum atomic E-state index is 0.00780. The van der Waals surface area contributed by atoms with Crippen LogP contribution in [0.25, 0.3) is 0 Å². The van der Waals surface area contributed by atoms with Crippen LogP contribution in [0.4, 0.5) is 0 Å². The summed E-state index contributed by atoms with van der Waals surface area (Å²) in [6.45, 7) is 10.8. The molecule has 92 valence electrons. The average Bonchev–Trinajstić information content (AvgIpc) is 2.29. The van der Waals surface area contributed by atoms with E-state index in [0.29, 0.717) is 6.61 Å². The van der Waals surface area contributed by atoms with Crippen LogP contribution in [0, 0.1) is 5.41 Å². The standard InChI is InChI=1S/C16H22O/c1-5-13-17-15(11-12-16(2,3)4)14-9-7-6-8-10-14/h5-12,15H,1,13H2,2-4H3/b12-11+/t15-/m0/s1. The number of allylic oxidation sites excluding steroid dienone is 1. The predicted molar refractivity (Wildman–Crippen MR) is 73.9 cm³/mol. The smallest absolute Gasteiger partial charge is 0.101 e. The van der Waals surface area contributed by atoms with Gasteiger partial charge in [0.05, 0.1) is 6.61 Å². The third-order valence-corrected chi connectivity index (χ3v) is 2.29. The fraction of sp³-hybridized carbons (Fsp3) is 0.375. The lowest BCUT2D eigenvalue weighted by atomic mass is 9.95. The monoisotopic (exact) mass is 230 g/mol. The van der Waals surface area contributed by atoms with Gasteiger partial charge < -0.3 is 4.74 Å². The molecule has 0 N–H and O–H groups in total. The lowest BCUT2D eigenvalue weighted by Crippen LogP contribution is -2.05. The Labute approximate surface area is 105 Å². The first-order chi connectivity index (χ1) is 8.03. The van der Waals surface area contributed by atoms with E-state index in [1.165, 1.54) is 5.56 Å². The molecule has 0 heterocycles. The van der Waals surface area contributed by atoms with Crippen molar-refractivity contribution in [2.45, 2.75) is 26.9 Å². The topological polar surface area (TPSA) is 9.23 Å². The molecule has 1 aromatic rings. The maximum absolute atomic E-state index is 5.77. The molecule has 0 unspecified atom stereocenters. The van der Waals surface area contributed by atoms with Crippen LogP contribution >= 0.6 is 0 Å². The van der Waals surface area contributed by atoms with Crippen molar-refractivity contribution in [1.82, 2.24) is 0 Å². The Hall–Kier alpha value is -1.34. The summed E-state index contributed by atoms with van der Waals surface area (Å²) in [5.74, 6) is 0. The highest BCUT2D eigenvalue weighted by Gasteiger charge is 2.10. The van der Waals surface area contributed by atoms with E-state index < -0.39 is 0 Å². The molecule has 0 radical (unpaired) electrons. The van der Waals surface area contributed by atoms with E-state index in [1.54, 1.807) is 6.08 Å². The molecule has 0 amide bonds. The van der Waals surface area contributed by atoms with Crippen molar-refractivity contribution in [1.29, 1.82) is 0 Å². The summed E-state index contributed by atoms with van der Waals surface area (Å²) in [5, 5.41) is 0. The second-order valence-corrected chi connectivity index (χ2v) is 5.18. The Morgan fingerprint density at radius 2 is 1.88 bits per heavy atom. The van der Waals surface area contributed by atoms with E-state index >= 15 is 0 Å². The first-order valence-electron chi connectivity index (χ1n) is 6.00. The first-order valence-corrected chi connectivity index (χ1v) is 6.00. The van der Waals surface area contributed by atoms with Gasteiger partial charge in [-0.15, -0.1) is 6.58 Å². The fourth-order valence-corrected chi connectivity index (χ4v) is 1.45. The fourth-order valence-electron chi connectivity index (χ4n) is 1.45. The van der Waals surface area contributed by atoms with E-state index in [0.717, 1.165) is 0 Å². The van der Waals surface area contributed by atoms with Crippen molar-refractivity contribution in [2.75, 3.05) is 6.61 Å². The molecule has 1 nitrogen and oxygen atoms in total. The molecule has 0 bridgehead atoms. The Kier molecular flexibility index (Phi) is 5.17. The van der Waals surface area contributed by atoms with E-state index in [2.05, 4.69) is 51.6 Å².